The van der Waals surface area contributed by atoms with Crippen LogP contribution in [0.4, 0.5) is 4.39 Å². The zero-order valence-corrected chi connectivity index (χ0v) is 8.57. The molecule has 0 aliphatic carbocycles. The summed E-state index contributed by atoms with van der Waals surface area (Å²) < 4.78 is 20.3. The molecule has 1 saturated heterocycles. The van der Waals surface area contributed by atoms with Crippen LogP contribution in [0.2, 0.25) is 0 Å². The third kappa shape index (κ3) is 1.28. The molecule has 2 heterocycles. The molecule has 5 heteroatoms. The molecule has 84 valence electrons. The number of aromatic nitrogens is 2. The highest BCUT2D eigenvalue weighted by Crippen LogP contribution is 2.22. The molecule has 1 atom stereocenters. The number of aromatic amines is 1. The third-order valence-corrected chi connectivity index (χ3v) is 2.97. The number of nitrogens with one attached hydrogen (secondary N) is 1. The van der Waals surface area contributed by atoms with Gasteiger partial charge in [-0.25, -0.2) is 9.18 Å². The minimum atomic E-state index is -0.396. The topological polar surface area (TPSA) is 47.0 Å². The Labute approximate surface area is 90.6 Å². The van der Waals surface area contributed by atoms with Crippen LogP contribution in [-0.4, -0.2) is 22.8 Å². The number of fused-ring (bicyclic) bond motifs is 1. The molecular weight excluding hydrogens is 211 g/mol. The van der Waals surface area contributed by atoms with Gasteiger partial charge in [0.25, 0.3) is 0 Å². The Morgan fingerprint density at radius 2 is 2.38 bits per heavy atom. The summed E-state index contributed by atoms with van der Waals surface area (Å²) in [5, 5.41) is 0. The molecule has 0 amide bonds. The number of rotatable bonds is 1. The van der Waals surface area contributed by atoms with Crippen molar-refractivity contribution in [2.75, 3.05) is 13.2 Å². The monoisotopic (exact) mass is 222 g/mol. The Hall–Kier alpha value is -1.62. The predicted molar refractivity (Wildman–Crippen MR) is 57.0 cm³/mol. The van der Waals surface area contributed by atoms with Gasteiger partial charge in [0.1, 0.15) is 11.3 Å². The fraction of sp³-hybridized carbons (Fsp3) is 0.364. The van der Waals surface area contributed by atoms with Crippen molar-refractivity contribution in [3.8, 4) is 0 Å². The van der Waals surface area contributed by atoms with E-state index in [1.807, 2.05) is 0 Å². The molecule has 0 bridgehead atoms. The lowest BCUT2D eigenvalue weighted by Crippen LogP contribution is -2.22. The molecule has 16 heavy (non-hydrogen) atoms. The van der Waals surface area contributed by atoms with Crippen molar-refractivity contribution in [3.05, 3.63) is 34.5 Å². The van der Waals surface area contributed by atoms with Gasteiger partial charge >= 0.3 is 5.69 Å². The van der Waals surface area contributed by atoms with Crippen molar-refractivity contribution in [2.45, 2.75) is 12.5 Å². The van der Waals surface area contributed by atoms with E-state index in [1.165, 1.54) is 6.07 Å². The van der Waals surface area contributed by atoms with E-state index in [0.717, 1.165) is 6.42 Å². The van der Waals surface area contributed by atoms with Gasteiger partial charge in [0.2, 0.25) is 0 Å². The summed E-state index contributed by atoms with van der Waals surface area (Å²) in [6.07, 6.45) is 0.795. The van der Waals surface area contributed by atoms with Crippen molar-refractivity contribution in [3.63, 3.8) is 0 Å². The SMILES string of the molecule is O=c1[nH]c2c(F)cccc2n1C1CCOC1. The summed E-state index contributed by atoms with van der Waals surface area (Å²) in [5.41, 5.74) is 0.621. The van der Waals surface area contributed by atoms with E-state index >= 15 is 0 Å². The van der Waals surface area contributed by atoms with Crippen LogP contribution in [0, 0.1) is 5.82 Å². The summed E-state index contributed by atoms with van der Waals surface area (Å²) in [4.78, 5) is 14.3. The van der Waals surface area contributed by atoms with Gasteiger partial charge in [-0.1, -0.05) is 6.07 Å². The van der Waals surface area contributed by atoms with Gasteiger partial charge in [-0.2, -0.15) is 0 Å². The largest absolute Gasteiger partial charge is 0.379 e. The van der Waals surface area contributed by atoms with Crippen LogP contribution in [0.5, 0.6) is 0 Å². The molecular formula is C11H11FN2O2. The second-order valence-electron chi connectivity index (χ2n) is 3.95. The smallest absolute Gasteiger partial charge is 0.326 e. The quantitative estimate of drug-likeness (QED) is 0.793. The first-order valence-electron chi connectivity index (χ1n) is 5.24. The first kappa shape index (κ1) is 9.59. The molecule has 3 rings (SSSR count). The highest BCUT2D eigenvalue weighted by Gasteiger charge is 2.22. The van der Waals surface area contributed by atoms with Crippen molar-refractivity contribution >= 4 is 11.0 Å². The minimum absolute atomic E-state index is 0.0167. The van der Waals surface area contributed by atoms with Gasteiger partial charge in [-0.15, -0.1) is 0 Å². The van der Waals surface area contributed by atoms with Gasteiger partial charge in [0.15, 0.2) is 0 Å². The zero-order valence-electron chi connectivity index (χ0n) is 8.57. The number of benzene rings is 1. The average molecular weight is 222 g/mol. The Morgan fingerprint density at radius 1 is 1.50 bits per heavy atom. The van der Waals surface area contributed by atoms with Crippen molar-refractivity contribution in [1.82, 2.24) is 9.55 Å². The molecule has 2 aromatic rings. The molecule has 0 radical (unpaired) electrons. The first-order chi connectivity index (χ1) is 7.77. The molecule has 1 N–H and O–H groups in total. The van der Waals surface area contributed by atoms with Crippen LogP contribution < -0.4 is 5.69 Å². The number of halogens is 1. The number of imidazole rings is 1. The maximum Gasteiger partial charge on any atom is 0.326 e. The Balaban J connectivity index is 2.27. The lowest BCUT2D eigenvalue weighted by Gasteiger charge is -2.09. The van der Waals surface area contributed by atoms with Gasteiger partial charge < -0.3 is 9.72 Å². The predicted octanol–water partition coefficient (Wildman–Crippen LogP) is 1.43. The normalized spacial score (nSPS) is 20.7. The van der Waals surface area contributed by atoms with Gasteiger partial charge in [-0.3, -0.25) is 4.57 Å². The molecule has 4 nitrogen and oxygen atoms in total. The van der Waals surface area contributed by atoms with Crippen LogP contribution in [0.25, 0.3) is 11.0 Å². The van der Waals surface area contributed by atoms with Crippen LogP contribution >= 0.6 is 0 Å². The van der Waals surface area contributed by atoms with E-state index in [2.05, 4.69) is 4.98 Å². The highest BCUT2D eigenvalue weighted by atomic mass is 19.1. The average Bonchev–Trinajstić information content (AvgIpc) is 2.85. The highest BCUT2D eigenvalue weighted by molar-refractivity contribution is 5.75. The molecule has 1 aromatic carbocycles. The van der Waals surface area contributed by atoms with E-state index < -0.39 is 5.82 Å². The number of hydrogen-bond acceptors (Lipinski definition) is 2. The number of para-hydroxylation sites is 1. The number of hydrogen-bond donors (Lipinski definition) is 1. The molecule has 0 saturated carbocycles. The van der Waals surface area contributed by atoms with Crippen LogP contribution in [-0.2, 0) is 4.74 Å². The number of nitrogens with zero attached hydrogens (tertiary/aromatic N) is 1. The summed E-state index contributed by atoms with van der Waals surface area (Å²) in [7, 11) is 0. The summed E-state index contributed by atoms with van der Waals surface area (Å²) in [6, 6.07) is 4.71. The third-order valence-electron chi connectivity index (χ3n) is 2.97. The molecule has 1 fully saturated rings. The minimum Gasteiger partial charge on any atom is -0.379 e. The zero-order chi connectivity index (χ0) is 11.1. The summed E-state index contributed by atoms with van der Waals surface area (Å²) in [6.45, 7) is 1.17. The lowest BCUT2D eigenvalue weighted by atomic mass is 10.2. The van der Waals surface area contributed by atoms with Crippen LogP contribution in [0.15, 0.2) is 23.0 Å². The molecule has 0 spiro atoms. The maximum absolute atomic E-state index is 13.5. The van der Waals surface area contributed by atoms with E-state index in [4.69, 9.17) is 4.74 Å². The lowest BCUT2D eigenvalue weighted by molar-refractivity contribution is 0.186. The molecule has 1 unspecified atom stereocenters. The molecule has 1 aliphatic heterocycles. The van der Waals surface area contributed by atoms with Crippen LogP contribution in [0.3, 0.4) is 0 Å². The standard InChI is InChI=1S/C11H11FN2O2/c12-8-2-1-3-9-10(8)13-11(15)14(9)7-4-5-16-6-7/h1-3,7H,4-6H2,(H,13,15). The summed E-state index contributed by atoms with van der Waals surface area (Å²) >= 11 is 0. The van der Waals surface area contributed by atoms with Crippen molar-refractivity contribution in [1.29, 1.82) is 0 Å². The fourth-order valence-electron chi connectivity index (χ4n) is 2.20. The number of H-pyrrole nitrogens is 1. The van der Waals surface area contributed by atoms with Crippen molar-refractivity contribution < 1.29 is 9.13 Å². The molecule has 1 aromatic heterocycles. The van der Waals surface area contributed by atoms with Gasteiger partial charge in [0, 0.05) is 6.61 Å². The van der Waals surface area contributed by atoms with E-state index in [1.54, 1.807) is 16.7 Å². The second-order valence-corrected chi connectivity index (χ2v) is 3.95. The van der Waals surface area contributed by atoms with E-state index in [9.17, 15) is 9.18 Å². The van der Waals surface area contributed by atoms with E-state index in [-0.39, 0.29) is 17.2 Å². The molecule has 1 aliphatic rings. The van der Waals surface area contributed by atoms with Gasteiger partial charge in [-0.05, 0) is 18.6 Å². The van der Waals surface area contributed by atoms with Gasteiger partial charge in [0.05, 0.1) is 18.2 Å². The number of ether oxygens (including phenoxy) is 1. The Kier molecular flexibility index (Phi) is 2.07. The van der Waals surface area contributed by atoms with E-state index in [0.29, 0.717) is 18.7 Å². The summed E-state index contributed by atoms with van der Waals surface area (Å²) in [5.74, 6) is -0.396. The van der Waals surface area contributed by atoms with Crippen LogP contribution in [0.1, 0.15) is 12.5 Å². The first-order valence-corrected chi connectivity index (χ1v) is 5.24. The Morgan fingerprint density at radius 3 is 3.12 bits per heavy atom. The maximum atomic E-state index is 13.5. The van der Waals surface area contributed by atoms with Crippen molar-refractivity contribution in [2.24, 2.45) is 0 Å². The second kappa shape index (κ2) is 3.45. The Bertz CT molecular complexity index is 581. The fourth-order valence-corrected chi connectivity index (χ4v) is 2.20.